The maximum Gasteiger partial charge on any atom is 0.289 e. The van der Waals surface area contributed by atoms with Gasteiger partial charge in [0.1, 0.15) is 0 Å². The fraction of sp³-hybridized carbons (Fsp3) is 0.714. The molecule has 60 valence electrons. The van der Waals surface area contributed by atoms with Crippen molar-refractivity contribution in [1.82, 2.24) is 0 Å². The second-order valence-electron chi connectivity index (χ2n) is 3.39. The minimum absolute atomic E-state index is 0.196. The average molecular weight is 160 g/mol. The summed E-state index contributed by atoms with van der Waals surface area (Å²) in [6, 6.07) is 0. The molecule has 1 nitrogen and oxygen atoms in total. The predicted molar refractivity (Wildman–Crippen MR) is 53.1 cm³/mol. The summed E-state index contributed by atoms with van der Waals surface area (Å²) in [6.45, 7) is 1.61. The van der Waals surface area contributed by atoms with Crippen LogP contribution in [0.25, 0.3) is 0 Å². The van der Waals surface area contributed by atoms with E-state index in [1.54, 1.807) is 0 Å². The number of hydrogen-bond donors (Lipinski definition) is 1. The second kappa shape index (κ2) is 4.09. The molecule has 0 atom stereocenters. The Bertz CT molecular complexity index is 115. The normalized spacial score (nSPS) is 14.1. The third kappa shape index (κ3) is 8.11. The highest BCUT2D eigenvalue weighted by atomic mass is 32.3. The fourth-order valence-electron chi connectivity index (χ4n) is 0.541. The Balaban J connectivity index is 3.57. The standard InChI is InChI=1S/C7H17BOS/c1-8(9)6-5-7-10(2,3)4/h5,7,9H,6H2,1-4H3/b7-5+. The lowest BCUT2D eigenvalue weighted by atomic mass is 9.68. The van der Waals surface area contributed by atoms with Gasteiger partial charge in [-0.2, -0.15) is 0 Å². The first kappa shape index (κ1) is 10.1. The molecular formula is C7H17BOS. The van der Waals surface area contributed by atoms with Crippen LogP contribution in [-0.2, 0) is 0 Å². The minimum atomic E-state index is -0.511. The molecule has 0 saturated carbocycles. The van der Waals surface area contributed by atoms with Gasteiger partial charge in [-0.15, -0.1) is 0 Å². The molecule has 0 spiro atoms. The van der Waals surface area contributed by atoms with Gasteiger partial charge in [0.05, 0.1) is 0 Å². The topological polar surface area (TPSA) is 20.2 Å². The zero-order valence-corrected chi connectivity index (χ0v) is 8.11. The van der Waals surface area contributed by atoms with Crippen molar-refractivity contribution in [2.75, 3.05) is 18.8 Å². The van der Waals surface area contributed by atoms with Gasteiger partial charge < -0.3 is 5.02 Å². The van der Waals surface area contributed by atoms with Crippen molar-refractivity contribution in [3.05, 3.63) is 11.5 Å². The van der Waals surface area contributed by atoms with E-state index in [4.69, 9.17) is 5.02 Å². The largest absolute Gasteiger partial charge is 0.450 e. The average Bonchev–Trinajstić information content (AvgIpc) is 1.59. The van der Waals surface area contributed by atoms with Gasteiger partial charge in [0.15, 0.2) is 0 Å². The van der Waals surface area contributed by atoms with Crippen LogP contribution in [0.15, 0.2) is 11.5 Å². The molecule has 0 heterocycles. The molecule has 1 N–H and O–H groups in total. The van der Waals surface area contributed by atoms with Crippen LogP contribution in [-0.4, -0.2) is 30.7 Å². The third-order valence-corrected chi connectivity index (χ3v) is 1.99. The van der Waals surface area contributed by atoms with Crippen molar-refractivity contribution in [3.63, 3.8) is 0 Å². The van der Waals surface area contributed by atoms with E-state index >= 15 is 0 Å². The van der Waals surface area contributed by atoms with E-state index < -0.39 is 10.0 Å². The molecule has 0 aromatic carbocycles. The summed E-state index contributed by atoms with van der Waals surface area (Å²) in [5, 5.41) is 11.1. The summed E-state index contributed by atoms with van der Waals surface area (Å²) in [5.41, 5.74) is 0. The van der Waals surface area contributed by atoms with Gasteiger partial charge in [0.2, 0.25) is 0 Å². The second-order valence-corrected chi connectivity index (χ2v) is 7.52. The molecule has 0 aliphatic heterocycles. The van der Waals surface area contributed by atoms with E-state index in [1.165, 1.54) is 0 Å². The molecule has 0 unspecified atom stereocenters. The van der Waals surface area contributed by atoms with Crippen molar-refractivity contribution in [2.45, 2.75) is 13.1 Å². The smallest absolute Gasteiger partial charge is 0.289 e. The maximum absolute atomic E-state index is 8.91. The summed E-state index contributed by atoms with van der Waals surface area (Å²) < 4.78 is 0. The monoisotopic (exact) mass is 160 g/mol. The first-order valence-corrected chi connectivity index (χ1v) is 6.37. The third-order valence-electron chi connectivity index (χ3n) is 0.982. The Hall–Kier alpha value is 0.115. The molecule has 3 heteroatoms. The van der Waals surface area contributed by atoms with Crippen LogP contribution < -0.4 is 0 Å². The summed E-state index contributed by atoms with van der Waals surface area (Å²) >= 11 is 0. The van der Waals surface area contributed by atoms with Crippen molar-refractivity contribution in [3.8, 4) is 0 Å². The molecule has 0 amide bonds. The quantitative estimate of drug-likeness (QED) is 0.624. The van der Waals surface area contributed by atoms with Crippen LogP contribution in [0.5, 0.6) is 0 Å². The van der Waals surface area contributed by atoms with E-state index in [0.29, 0.717) is 0 Å². The van der Waals surface area contributed by atoms with Crippen LogP contribution in [0.3, 0.4) is 0 Å². The predicted octanol–water partition coefficient (Wildman–Crippen LogP) is 1.81. The van der Waals surface area contributed by atoms with Crippen molar-refractivity contribution >= 4 is 16.9 Å². The Labute approximate surface area is 66.0 Å². The highest BCUT2D eigenvalue weighted by molar-refractivity contribution is 8.34. The van der Waals surface area contributed by atoms with Gasteiger partial charge >= 0.3 is 0 Å². The lowest BCUT2D eigenvalue weighted by Crippen LogP contribution is -2.01. The number of allylic oxidation sites excluding steroid dienone is 1. The lowest BCUT2D eigenvalue weighted by Gasteiger charge is -2.18. The lowest BCUT2D eigenvalue weighted by molar-refractivity contribution is 0.582. The van der Waals surface area contributed by atoms with E-state index in [9.17, 15) is 0 Å². The molecule has 0 aliphatic carbocycles. The SMILES string of the molecule is CB(O)C/C=C/S(C)(C)C. The van der Waals surface area contributed by atoms with Gasteiger partial charge in [0.25, 0.3) is 6.92 Å². The van der Waals surface area contributed by atoms with Crippen molar-refractivity contribution < 1.29 is 5.02 Å². The van der Waals surface area contributed by atoms with Crippen LogP contribution >= 0.6 is 10.0 Å². The van der Waals surface area contributed by atoms with Crippen LogP contribution in [0.4, 0.5) is 0 Å². The highest BCUT2D eigenvalue weighted by Gasteiger charge is 1.99. The van der Waals surface area contributed by atoms with Gasteiger partial charge in [-0.25, -0.2) is 10.0 Å². The molecule has 0 aliphatic rings. The highest BCUT2D eigenvalue weighted by Crippen LogP contribution is 2.36. The molecule has 0 bridgehead atoms. The summed E-state index contributed by atoms with van der Waals surface area (Å²) in [7, 11) is -0.511. The molecular weight excluding hydrogens is 143 g/mol. The summed E-state index contributed by atoms with van der Waals surface area (Å²) in [6.07, 6.45) is 9.53. The Kier molecular flexibility index (Phi) is 4.14. The van der Waals surface area contributed by atoms with E-state index in [0.717, 1.165) is 6.32 Å². The number of hydrogen-bond acceptors (Lipinski definition) is 1. The Morgan fingerprint density at radius 3 is 2.20 bits per heavy atom. The summed E-state index contributed by atoms with van der Waals surface area (Å²) in [4.78, 5) is 0. The van der Waals surface area contributed by atoms with Crippen LogP contribution in [0.1, 0.15) is 0 Å². The van der Waals surface area contributed by atoms with Crippen LogP contribution in [0, 0.1) is 0 Å². The molecule has 0 aromatic heterocycles. The van der Waals surface area contributed by atoms with Gasteiger partial charge in [-0.3, -0.25) is 0 Å². The minimum Gasteiger partial charge on any atom is -0.450 e. The Morgan fingerprint density at radius 2 is 1.90 bits per heavy atom. The fourth-order valence-corrected chi connectivity index (χ4v) is 1.23. The van der Waals surface area contributed by atoms with Gasteiger partial charge in [-0.1, -0.05) is 18.3 Å². The van der Waals surface area contributed by atoms with Crippen molar-refractivity contribution in [1.29, 1.82) is 0 Å². The van der Waals surface area contributed by atoms with Gasteiger partial charge in [-0.05, 0) is 25.1 Å². The van der Waals surface area contributed by atoms with E-state index in [-0.39, 0.29) is 6.92 Å². The summed E-state index contributed by atoms with van der Waals surface area (Å²) in [5.74, 6) is 0. The molecule has 0 radical (unpaired) electrons. The molecule has 10 heavy (non-hydrogen) atoms. The van der Waals surface area contributed by atoms with E-state index in [1.807, 2.05) is 6.82 Å². The van der Waals surface area contributed by atoms with Gasteiger partial charge in [0, 0.05) is 0 Å². The molecule has 0 aromatic rings. The zero-order chi connectivity index (χ0) is 8.20. The van der Waals surface area contributed by atoms with Crippen LogP contribution in [0.2, 0.25) is 13.1 Å². The molecule has 0 fully saturated rings. The first-order chi connectivity index (χ1) is 4.42. The zero-order valence-electron chi connectivity index (χ0n) is 7.29. The Morgan fingerprint density at radius 1 is 1.40 bits per heavy atom. The molecule has 0 rings (SSSR count). The number of rotatable bonds is 3. The van der Waals surface area contributed by atoms with Crippen molar-refractivity contribution in [2.24, 2.45) is 0 Å². The maximum atomic E-state index is 8.91. The first-order valence-electron chi connectivity index (χ1n) is 3.45. The van der Waals surface area contributed by atoms with E-state index in [2.05, 4.69) is 30.3 Å². The molecule has 0 saturated heterocycles.